The van der Waals surface area contributed by atoms with Crippen LogP contribution in [0.25, 0.3) is 11.1 Å². The van der Waals surface area contributed by atoms with Crippen molar-refractivity contribution in [1.29, 1.82) is 0 Å². The van der Waals surface area contributed by atoms with Crippen molar-refractivity contribution in [3.05, 3.63) is 83.9 Å². The van der Waals surface area contributed by atoms with Crippen molar-refractivity contribution in [2.45, 2.75) is 19.6 Å². The lowest BCUT2D eigenvalue weighted by Crippen LogP contribution is -2.41. The van der Waals surface area contributed by atoms with Crippen LogP contribution in [-0.2, 0) is 20.5 Å². The number of amides is 1. The van der Waals surface area contributed by atoms with Crippen LogP contribution < -0.4 is 20.1 Å². The number of hydrogen-bond donors (Lipinski definition) is 4. The van der Waals surface area contributed by atoms with Crippen LogP contribution in [0.5, 0.6) is 5.75 Å². The third kappa shape index (κ3) is 8.84. The van der Waals surface area contributed by atoms with Gasteiger partial charge in [-0.25, -0.2) is 13.1 Å². The molecule has 0 aliphatic heterocycles. The minimum absolute atomic E-state index is 0.217. The first-order valence-electron chi connectivity index (χ1n) is 12.3. The Morgan fingerprint density at radius 1 is 0.947 bits per heavy atom. The smallest absolute Gasteiger partial charge is 0.266 e. The van der Waals surface area contributed by atoms with Crippen LogP contribution in [0.3, 0.4) is 0 Å². The summed E-state index contributed by atoms with van der Waals surface area (Å²) < 4.78 is 36.3. The van der Waals surface area contributed by atoms with Gasteiger partial charge in [0, 0.05) is 25.4 Å². The van der Waals surface area contributed by atoms with Gasteiger partial charge >= 0.3 is 0 Å². The maximum Gasteiger partial charge on any atom is 0.266 e. The van der Waals surface area contributed by atoms with Gasteiger partial charge in [-0.2, -0.15) is 0 Å². The van der Waals surface area contributed by atoms with Gasteiger partial charge in [-0.1, -0.05) is 48.5 Å². The van der Waals surface area contributed by atoms with Crippen LogP contribution in [-0.4, -0.2) is 58.6 Å². The summed E-state index contributed by atoms with van der Waals surface area (Å²) in [6, 6.07) is 22.0. The van der Waals surface area contributed by atoms with Crippen molar-refractivity contribution >= 4 is 21.6 Å². The standard InChI is InChI=1S/C28H35N3O6S/c1-4-36-18-16-29-26-20-22(12-15-25(26)27(32)31-38(3,34)35)21-10-13-24(14-11-21)37-19-17-30-28(2,33)23-8-6-5-7-9-23/h5-15,20,29-30,33H,4,16-19H2,1-3H3,(H,31,32)/t28-/m0/s1. The number of anilines is 1. The van der Waals surface area contributed by atoms with Crippen molar-refractivity contribution in [2.24, 2.45) is 0 Å². The zero-order valence-corrected chi connectivity index (χ0v) is 22.7. The number of aliphatic hydroxyl groups is 1. The first-order valence-corrected chi connectivity index (χ1v) is 14.2. The monoisotopic (exact) mass is 541 g/mol. The fourth-order valence-electron chi connectivity index (χ4n) is 3.77. The van der Waals surface area contributed by atoms with Gasteiger partial charge in [0.05, 0.1) is 18.4 Å². The van der Waals surface area contributed by atoms with Gasteiger partial charge in [0.2, 0.25) is 10.0 Å². The molecule has 1 amide bonds. The van der Waals surface area contributed by atoms with Gasteiger partial charge in [0.25, 0.3) is 5.91 Å². The molecule has 1 atom stereocenters. The highest BCUT2D eigenvalue weighted by Crippen LogP contribution is 2.28. The van der Waals surface area contributed by atoms with E-state index < -0.39 is 21.7 Å². The number of hydrogen-bond acceptors (Lipinski definition) is 8. The summed E-state index contributed by atoms with van der Waals surface area (Å²) >= 11 is 0. The van der Waals surface area contributed by atoms with Crippen molar-refractivity contribution in [1.82, 2.24) is 10.0 Å². The Kier molecular flexibility index (Phi) is 10.3. The van der Waals surface area contributed by atoms with Gasteiger partial charge in [0.15, 0.2) is 0 Å². The Balaban J connectivity index is 1.65. The lowest BCUT2D eigenvalue weighted by molar-refractivity contribution is 0.0169. The molecule has 0 heterocycles. The molecule has 3 aromatic carbocycles. The highest BCUT2D eigenvalue weighted by Gasteiger charge is 2.21. The molecule has 0 unspecified atom stereocenters. The van der Waals surface area contributed by atoms with Crippen molar-refractivity contribution < 1.29 is 27.8 Å². The van der Waals surface area contributed by atoms with E-state index in [1.54, 1.807) is 25.1 Å². The third-order valence-corrected chi connectivity index (χ3v) is 6.23. The normalized spacial score (nSPS) is 12.9. The zero-order valence-electron chi connectivity index (χ0n) is 21.9. The largest absolute Gasteiger partial charge is 0.492 e. The van der Waals surface area contributed by atoms with E-state index in [1.165, 1.54) is 0 Å². The van der Waals surface area contributed by atoms with E-state index in [0.717, 1.165) is 22.9 Å². The fourth-order valence-corrected chi connectivity index (χ4v) is 4.21. The predicted molar refractivity (Wildman–Crippen MR) is 149 cm³/mol. The number of ether oxygens (including phenoxy) is 2. The summed E-state index contributed by atoms with van der Waals surface area (Å²) in [6.45, 7) is 5.86. The molecule has 0 radical (unpaired) electrons. The summed E-state index contributed by atoms with van der Waals surface area (Å²) in [5.74, 6) is -0.0318. The predicted octanol–water partition coefficient (Wildman–Crippen LogP) is 3.33. The van der Waals surface area contributed by atoms with Crippen LogP contribution >= 0.6 is 0 Å². The van der Waals surface area contributed by atoms with Gasteiger partial charge in [-0.05, 0) is 54.8 Å². The lowest BCUT2D eigenvalue weighted by atomic mass is 10.0. The molecule has 9 nitrogen and oxygen atoms in total. The number of carbonyl (C=O) groups excluding carboxylic acids is 1. The molecule has 38 heavy (non-hydrogen) atoms. The molecular weight excluding hydrogens is 506 g/mol. The minimum atomic E-state index is -3.70. The first kappa shape index (κ1) is 29.1. The van der Waals surface area contributed by atoms with Crippen molar-refractivity contribution in [3.63, 3.8) is 0 Å². The Morgan fingerprint density at radius 2 is 1.63 bits per heavy atom. The van der Waals surface area contributed by atoms with Crippen molar-refractivity contribution in [2.75, 3.05) is 44.5 Å². The van der Waals surface area contributed by atoms with Crippen LogP contribution in [0.4, 0.5) is 5.69 Å². The summed E-state index contributed by atoms with van der Waals surface area (Å²) in [4.78, 5) is 12.5. The highest BCUT2D eigenvalue weighted by molar-refractivity contribution is 7.89. The average Bonchev–Trinajstić information content (AvgIpc) is 2.89. The van der Waals surface area contributed by atoms with E-state index >= 15 is 0 Å². The van der Waals surface area contributed by atoms with E-state index in [4.69, 9.17) is 9.47 Å². The molecule has 10 heteroatoms. The van der Waals surface area contributed by atoms with Gasteiger partial charge in [-0.15, -0.1) is 0 Å². The average molecular weight is 542 g/mol. The molecule has 3 rings (SSSR count). The Morgan fingerprint density at radius 3 is 2.29 bits per heavy atom. The Labute approximate surface area is 224 Å². The maximum atomic E-state index is 12.5. The van der Waals surface area contributed by atoms with Gasteiger partial charge in [0.1, 0.15) is 18.1 Å². The summed E-state index contributed by atoms with van der Waals surface area (Å²) in [5.41, 5.74) is 2.07. The Hall–Kier alpha value is -3.44. The summed E-state index contributed by atoms with van der Waals surface area (Å²) in [7, 11) is -3.70. The topological polar surface area (TPSA) is 126 Å². The highest BCUT2D eigenvalue weighted by atomic mass is 32.2. The van der Waals surface area contributed by atoms with Crippen LogP contribution in [0, 0.1) is 0 Å². The van der Waals surface area contributed by atoms with Gasteiger partial charge in [-0.3, -0.25) is 10.1 Å². The minimum Gasteiger partial charge on any atom is -0.492 e. The number of sulfonamides is 1. The maximum absolute atomic E-state index is 12.5. The molecule has 0 saturated heterocycles. The second-order valence-corrected chi connectivity index (χ2v) is 10.6. The second-order valence-electron chi connectivity index (χ2n) is 8.83. The molecule has 4 N–H and O–H groups in total. The number of rotatable bonds is 14. The summed E-state index contributed by atoms with van der Waals surface area (Å²) in [5, 5.41) is 16.9. The quantitative estimate of drug-likeness (QED) is 0.181. The van der Waals surface area contributed by atoms with Crippen LogP contribution in [0.1, 0.15) is 29.8 Å². The van der Waals surface area contributed by atoms with E-state index in [2.05, 4.69) is 10.6 Å². The number of benzene rings is 3. The molecule has 0 aliphatic carbocycles. The molecule has 3 aromatic rings. The SMILES string of the molecule is CCOCCNc1cc(-c2ccc(OCCN[C@@](C)(O)c3ccccc3)cc2)ccc1C(=O)NS(C)(=O)=O. The van der Waals surface area contributed by atoms with E-state index in [9.17, 15) is 18.3 Å². The lowest BCUT2D eigenvalue weighted by Gasteiger charge is -2.25. The number of nitrogens with one attached hydrogen (secondary N) is 3. The van der Waals surface area contributed by atoms with Crippen LogP contribution in [0.2, 0.25) is 0 Å². The molecule has 0 aliphatic rings. The molecule has 0 aromatic heterocycles. The van der Waals surface area contributed by atoms with Crippen LogP contribution in [0.15, 0.2) is 72.8 Å². The molecular formula is C28H35N3O6S. The van der Waals surface area contributed by atoms with Gasteiger partial charge < -0.3 is 19.9 Å². The van der Waals surface area contributed by atoms with E-state index in [0.29, 0.717) is 44.3 Å². The summed E-state index contributed by atoms with van der Waals surface area (Å²) in [6.07, 6.45) is 0.937. The van der Waals surface area contributed by atoms with E-state index in [1.807, 2.05) is 66.2 Å². The molecule has 0 saturated carbocycles. The molecule has 0 bridgehead atoms. The third-order valence-electron chi connectivity index (χ3n) is 5.67. The first-order chi connectivity index (χ1) is 18.1. The molecule has 0 spiro atoms. The number of carbonyl (C=O) groups is 1. The second kappa shape index (κ2) is 13.4. The fraction of sp³-hybridized carbons (Fsp3) is 0.321. The zero-order chi connectivity index (χ0) is 27.6. The Bertz CT molecular complexity index is 1300. The van der Waals surface area contributed by atoms with Crippen molar-refractivity contribution in [3.8, 4) is 16.9 Å². The molecule has 204 valence electrons. The molecule has 0 fully saturated rings. The van der Waals surface area contributed by atoms with E-state index in [-0.39, 0.29) is 5.56 Å².